The number of amides is 1. The summed E-state index contributed by atoms with van der Waals surface area (Å²) in [5, 5.41) is 7.00. The third-order valence-corrected chi connectivity index (χ3v) is 3.17. The molecular formula is C9H13N3OS. The van der Waals surface area contributed by atoms with Crippen LogP contribution in [0.3, 0.4) is 0 Å². The molecule has 1 aromatic heterocycles. The molecule has 1 aliphatic heterocycles. The number of aromatic nitrogens is 1. The van der Waals surface area contributed by atoms with Crippen LogP contribution in [0.15, 0.2) is 6.20 Å². The summed E-state index contributed by atoms with van der Waals surface area (Å²) in [6.45, 7) is 4.70. The van der Waals surface area contributed by atoms with Crippen LogP contribution in [-0.2, 0) is 0 Å². The van der Waals surface area contributed by atoms with E-state index in [4.69, 9.17) is 0 Å². The van der Waals surface area contributed by atoms with Crippen LogP contribution in [-0.4, -0.2) is 30.5 Å². The van der Waals surface area contributed by atoms with E-state index in [2.05, 4.69) is 15.6 Å². The van der Waals surface area contributed by atoms with Crippen molar-refractivity contribution in [1.82, 2.24) is 15.6 Å². The summed E-state index contributed by atoms with van der Waals surface area (Å²) < 4.78 is 0. The molecule has 1 aliphatic rings. The van der Waals surface area contributed by atoms with E-state index in [1.54, 1.807) is 6.20 Å². The molecule has 1 amide bonds. The maximum atomic E-state index is 11.5. The Bertz CT molecular complexity index is 333. The van der Waals surface area contributed by atoms with E-state index < -0.39 is 0 Å². The number of aryl methyl sites for hydroxylation is 1. The molecule has 4 nitrogen and oxygen atoms in total. The lowest BCUT2D eigenvalue weighted by molar-refractivity contribution is 0.0946. The molecule has 2 rings (SSSR count). The fourth-order valence-corrected chi connectivity index (χ4v) is 1.98. The molecule has 2 heterocycles. The monoisotopic (exact) mass is 211 g/mol. The second-order valence-corrected chi connectivity index (χ2v) is 4.71. The molecule has 1 fully saturated rings. The molecule has 14 heavy (non-hydrogen) atoms. The fraction of sp³-hybridized carbons (Fsp3) is 0.556. The highest BCUT2D eigenvalue weighted by Crippen LogP contribution is 2.11. The van der Waals surface area contributed by atoms with E-state index >= 15 is 0 Å². The van der Waals surface area contributed by atoms with E-state index in [1.807, 2.05) is 6.92 Å². The summed E-state index contributed by atoms with van der Waals surface area (Å²) >= 11 is 1.43. The highest BCUT2D eigenvalue weighted by atomic mass is 32.1. The zero-order valence-electron chi connectivity index (χ0n) is 8.04. The van der Waals surface area contributed by atoms with Gasteiger partial charge in [-0.15, -0.1) is 11.3 Å². The third kappa shape index (κ3) is 2.10. The number of hydrogen-bond acceptors (Lipinski definition) is 4. The normalized spacial score (nSPS) is 16.4. The molecule has 1 aromatic rings. The van der Waals surface area contributed by atoms with Gasteiger partial charge in [-0.1, -0.05) is 0 Å². The molecular weight excluding hydrogens is 198 g/mol. The molecule has 0 bridgehead atoms. The van der Waals surface area contributed by atoms with Gasteiger partial charge < -0.3 is 10.6 Å². The highest BCUT2D eigenvalue weighted by Gasteiger charge is 2.18. The fourth-order valence-electron chi connectivity index (χ4n) is 1.28. The van der Waals surface area contributed by atoms with Crippen LogP contribution in [0.1, 0.15) is 14.7 Å². The largest absolute Gasteiger partial charge is 0.351 e. The number of nitrogens with one attached hydrogen (secondary N) is 2. The predicted octanol–water partition coefficient (Wildman–Crippen LogP) is 0.401. The van der Waals surface area contributed by atoms with Gasteiger partial charge in [-0.05, 0) is 6.92 Å². The number of hydrogen-bond donors (Lipinski definition) is 2. The zero-order valence-corrected chi connectivity index (χ0v) is 8.86. The first-order valence-electron chi connectivity index (χ1n) is 4.67. The highest BCUT2D eigenvalue weighted by molar-refractivity contribution is 7.13. The van der Waals surface area contributed by atoms with Crippen molar-refractivity contribution < 1.29 is 4.79 Å². The second kappa shape index (κ2) is 4.06. The van der Waals surface area contributed by atoms with Crippen LogP contribution in [0.4, 0.5) is 0 Å². The molecule has 0 aliphatic carbocycles. The van der Waals surface area contributed by atoms with Crippen LogP contribution in [0.25, 0.3) is 0 Å². The van der Waals surface area contributed by atoms with Crippen LogP contribution >= 0.6 is 11.3 Å². The molecule has 5 heteroatoms. The van der Waals surface area contributed by atoms with Gasteiger partial charge in [-0.25, -0.2) is 4.98 Å². The van der Waals surface area contributed by atoms with E-state index in [9.17, 15) is 4.79 Å². The lowest BCUT2D eigenvalue weighted by Crippen LogP contribution is -2.48. The van der Waals surface area contributed by atoms with Gasteiger partial charge in [0.05, 0.1) is 11.2 Å². The van der Waals surface area contributed by atoms with Gasteiger partial charge >= 0.3 is 0 Å². The molecule has 0 aromatic carbocycles. The van der Waals surface area contributed by atoms with Gasteiger partial charge in [0.15, 0.2) is 0 Å². The molecule has 0 spiro atoms. The van der Waals surface area contributed by atoms with Crippen molar-refractivity contribution in [2.75, 3.05) is 19.6 Å². The lowest BCUT2D eigenvalue weighted by atomic mass is 10.0. The SMILES string of the molecule is Cc1ncc(C(=O)NCC2CNC2)s1. The van der Waals surface area contributed by atoms with Crippen molar-refractivity contribution in [3.05, 3.63) is 16.1 Å². The molecule has 0 atom stereocenters. The minimum absolute atomic E-state index is 0.00231. The van der Waals surface area contributed by atoms with Crippen molar-refractivity contribution >= 4 is 17.2 Å². The second-order valence-electron chi connectivity index (χ2n) is 3.48. The topological polar surface area (TPSA) is 54.0 Å². The number of carbonyl (C=O) groups is 1. The number of thiazole rings is 1. The smallest absolute Gasteiger partial charge is 0.263 e. The Labute approximate surface area is 86.7 Å². The van der Waals surface area contributed by atoms with Gasteiger partial charge in [0, 0.05) is 25.6 Å². The van der Waals surface area contributed by atoms with E-state index in [-0.39, 0.29) is 5.91 Å². The van der Waals surface area contributed by atoms with Crippen LogP contribution in [0, 0.1) is 12.8 Å². The first-order valence-corrected chi connectivity index (χ1v) is 5.48. The Morgan fingerprint density at radius 3 is 3.07 bits per heavy atom. The van der Waals surface area contributed by atoms with Gasteiger partial charge in [0.25, 0.3) is 5.91 Å². The molecule has 76 valence electrons. The maximum Gasteiger partial charge on any atom is 0.263 e. The van der Waals surface area contributed by atoms with Crippen molar-refractivity contribution in [3.8, 4) is 0 Å². The first kappa shape index (κ1) is 9.61. The van der Waals surface area contributed by atoms with Gasteiger partial charge in [0.1, 0.15) is 4.88 Å². The molecule has 0 unspecified atom stereocenters. The minimum Gasteiger partial charge on any atom is -0.351 e. The summed E-state index contributed by atoms with van der Waals surface area (Å²) in [4.78, 5) is 16.3. The average Bonchev–Trinajstić information content (AvgIpc) is 2.49. The summed E-state index contributed by atoms with van der Waals surface area (Å²) in [5.41, 5.74) is 0. The van der Waals surface area contributed by atoms with Crippen LogP contribution in [0.5, 0.6) is 0 Å². The van der Waals surface area contributed by atoms with Gasteiger partial charge in [-0.3, -0.25) is 4.79 Å². The van der Waals surface area contributed by atoms with Gasteiger partial charge in [-0.2, -0.15) is 0 Å². The zero-order chi connectivity index (χ0) is 9.97. The van der Waals surface area contributed by atoms with Crippen molar-refractivity contribution in [1.29, 1.82) is 0 Å². The number of nitrogens with zero attached hydrogens (tertiary/aromatic N) is 1. The third-order valence-electron chi connectivity index (χ3n) is 2.26. The quantitative estimate of drug-likeness (QED) is 0.761. The summed E-state index contributed by atoms with van der Waals surface area (Å²) in [7, 11) is 0. The Morgan fingerprint density at radius 2 is 2.57 bits per heavy atom. The Morgan fingerprint density at radius 1 is 1.79 bits per heavy atom. The van der Waals surface area contributed by atoms with Crippen molar-refractivity contribution in [3.63, 3.8) is 0 Å². The molecule has 1 saturated heterocycles. The summed E-state index contributed by atoms with van der Waals surface area (Å²) in [5.74, 6) is 0.607. The van der Waals surface area contributed by atoms with E-state index in [0.717, 1.165) is 24.6 Å². The van der Waals surface area contributed by atoms with Crippen molar-refractivity contribution in [2.24, 2.45) is 5.92 Å². The van der Waals surface area contributed by atoms with Gasteiger partial charge in [0.2, 0.25) is 0 Å². The number of carbonyl (C=O) groups excluding carboxylic acids is 1. The number of rotatable bonds is 3. The molecule has 0 radical (unpaired) electrons. The molecule has 2 N–H and O–H groups in total. The van der Waals surface area contributed by atoms with Crippen LogP contribution < -0.4 is 10.6 Å². The maximum absolute atomic E-state index is 11.5. The summed E-state index contributed by atoms with van der Waals surface area (Å²) in [6.07, 6.45) is 1.63. The first-order chi connectivity index (χ1) is 6.75. The predicted molar refractivity (Wildman–Crippen MR) is 55.5 cm³/mol. The average molecular weight is 211 g/mol. The van der Waals surface area contributed by atoms with Crippen LogP contribution in [0.2, 0.25) is 0 Å². The Balaban J connectivity index is 1.82. The molecule has 0 saturated carbocycles. The van der Waals surface area contributed by atoms with Crippen molar-refractivity contribution in [2.45, 2.75) is 6.92 Å². The Hall–Kier alpha value is -0.940. The Kier molecular flexibility index (Phi) is 2.79. The van der Waals surface area contributed by atoms with E-state index in [1.165, 1.54) is 11.3 Å². The minimum atomic E-state index is 0.00231. The summed E-state index contributed by atoms with van der Waals surface area (Å²) in [6, 6.07) is 0. The lowest BCUT2D eigenvalue weighted by Gasteiger charge is -2.26. The standard InChI is InChI=1S/C9H13N3OS/c1-6-11-5-8(14-6)9(13)12-4-7-2-10-3-7/h5,7,10H,2-4H2,1H3,(H,12,13). The van der Waals surface area contributed by atoms with E-state index in [0.29, 0.717) is 10.8 Å².